The van der Waals surface area contributed by atoms with Gasteiger partial charge in [-0.15, -0.1) is 0 Å². The van der Waals surface area contributed by atoms with Crippen molar-refractivity contribution in [1.82, 2.24) is 19.4 Å². The van der Waals surface area contributed by atoms with Crippen molar-refractivity contribution in [3.63, 3.8) is 0 Å². The zero-order valence-corrected chi connectivity index (χ0v) is 14.8. The minimum Gasteiger partial charge on any atom is -0.361 e. The smallest absolute Gasteiger partial charge is 0.227 e. The molecule has 6 heteroatoms. The number of rotatable bonds is 4. The second kappa shape index (κ2) is 6.78. The third-order valence-corrected chi connectivity index (χ3v) is 5.20. The van der Waals surface area contributed by atoms with E-state index in [9.17, 15) is 9.59 Å². The highest BCUT2D eigenvalue weighted by Crippen LogP contribution is 2.23. The molecule has 134 valence electrons. The molecule has 0 aliphatic carbocycles. The number of carbonyl (C=O) groups is 2. The Morgan fingerprint density at radius 1 is 1.31 bits per heavy atom. The van der Waals surface area contributed by atoms with Gasteiger partial charge in [0.05, 0.1) is 6.42 Å². The molecule has 6 nitrogen and oxygen atoms in total. The Morgan fingerprint density at radius 3 is 2.96 bits per heavy atom. The van der Waals surface area contributed by atoms with Crippen LogP contribution in [0.4, 0.5) is 0 Å². The van der Waals surface area contributed by atoms with E-state index in [0.29, 0.717) is 25.3 Å². The number of H-pyrrole nitrogens is 1. The molecule has 1 N–H and O–H groups in total. The lowest BCUT2D eigenvalue weighted by Crippen LogP contribution is -2.43. The molecule has 3 heterocycles. The number of likely N-dealkylation sites (tertiary alicyclic amines) is 1. The van der Waals surface area contributed by atoms with Gasteiger partial charge in [-0.05, 0) is 24.5 Å². The maximum Gasteiger partial charge on any atom is 0.227 e. The number of Topliss-reactive ketones (excluding diaryl/α,β-unsaturated/α-hetero) is 1. The number of nitrogens with zero attached hydrogens (tertiary/aromatic N) is 3. The lowest BCUT2D eigenvalue weighted by Gasteiger charge is -2.32. The molecule has 1 amide bonds. The van der Waals surface area contributed by atoms with Gasteiger partial charge in [0.15, 0.2) is 5.82 Å². The highest BCUT2D eigenvalue weighted by Gasteiger charge is 2.30. The van der Waals surface area contributed by atoms with Crippen molar-refractivity contribution in [2.75, 3.05) is 13.1 Å². The first-order chi connectivity index (χ1) is 12.6. The Balaban J connectivity index is 1.46. The summed E-state index contributed by atoms with van der Waals surface area (Å²) < 4.78 is 1.75. The molecule has 1 aromatic carbocycles. The van der Waals surface area contributed by atoms with E-state index >= 15 is 0 Å². The molecule has 1 fully saturated rings. The number of para-hydroxylation sites is 1. The van der Waals surface area contributed by atoms with Gasteiger partial charge < -0.3 is 14.5 Å². The largest absolute Gasteiger partial charge is 0.361 e. The van der Waals surface area contributed by atoms with Crippen LogP contribution in [-0.4, -0.2) is 44.2 Å². The molecule has 1 aliphatic heterocycles. The number of imidazole rings is 1. The summed E-state index contributed by atoms with van der Waals surface area (Å²) in [6.07, 6.45) is 7.32. The molecular weight excluding hydrogens is 328 g/mol. The number of nitrogens with one attached hydrogen (secondary N) is 1. The molecule has 4 rings (SSSR count). The minimum atomic E-state index is -0.170. The molecule has 0 spiro atoms. The van der Waals surface area contributed by atoms with Gasteiger partial charge in [-0.1, -0.05) is 18.2 Å². The third kappa shape index (κ3) is 3.03. The average Bonchev–Trinajstić information content (AvgIpc) is 3.28. The van der Waals surface area contributed by atoms with Crippen molar-refractivity contribution in [2.24, 2.45) is 13.0 Å². The fourth-order valence-corrected chi connectivity index (χ4v) is 3.76. The molecule has 0 unspecified atom stereocenters. The molecule has 1 aliphatic rings. The predicted molar refractivity (Wildman–Crippen MR) is 98.8 cm³/mol. The van der Waals surface area contributed by atoms with Crippen LogP contribution in [0.3, 0.4) is 0 Å². The van der Waals surface area contributed by atoms with Crippen LogP contribution in [-0.2, 0) is 18.3 Å². The van der Waals surface area contributed by atoms with Crippen molar-refractivity contribution < 1.29 is 9.59 Å². The van der Waals surface area contributed by atoms with Gasteiger partial charge in [-0.25, -0.2) is 4.98 Å². The minimum absolute atomic E-state index is 0.0297. The maximum atomic E-state index is 12.8. The van der Waals surface area contributed by atoms with Crippen molar-refractivity contribution in [3.05, 3.63) is 54.2 Å². The first-order valence-electron chi connectivity index (χ1n) is 8.98. The Kier molecular flexibility index (Phi) is 4.32. The summed E-state index contributed by atoms with van der Waals surface area (Å²) in [5.41, 5.74) is 2.04. The Bertz CT molecular complexity index is 956. The van der Waals surface area contributed by atoms with Gasteiger partial charge >= 0.3 is 0 Å². The van der Waals surface area contributed by atoms with E-state index in [2.05, 4.69) is 9.97 Å². The van der Waals surface area contributed by atoms with Gasteiger partial charge in [-0.2, -0.15) is 0 Å². The zero-order valence-electron chi connectivity index (χ0n) is 14.8. The van der Waals surface area contributed by atoms with Crippen LogP contribution in [0.5, 0.6) is 0 Å². The van der Waals surface area contributed by atoms with Crippen LogP contribution in [0.1, 0.15) is 29.0 Å². The van der Waals surface area contributed by atoms with E-state index < -0.39 is 0 Å². The molecule has 0 saturated carbocycles. The van der Waals surface area contributed by atoms with E-state index in [0.717, 1.165) is 29.3 Å². The van der Waals surface area contributed by atoms with Gasteiger partial charge in [0.2, 0.25) is 11.7 Å². The van der Waals surface area contributed by atoms with Crippen molar-refractivity contribution in [3.8, 4) is 0 Å². The molecule has 2 aromatic heterocycles. The van der Waals surface area contributed by atoms with Crippen LogP contribution >= 0.6 is 0 Å². The summed E-state index contributed by atoms with van der Waals surface area (Å²) in [5, 5.41) is 1.08. The molecule has 0 bridgehead atoms. The number of benzene rings is 1. The van der Waals surface area contributed by atoms with E-state index in [1.54, 1.807) is 17.0 Å². The molecule has 0 radical (unpaired) electrons. The van der Waals surface area contributed by atoms with Gasteiger partial charge in [0.25, 0.3) is 0 Å². The third-order valence-electron chi connectivity index (χ3n) is 5.20. The normalized spacial score (nSPS) is 17.6. The topological polar surface area (TPSA) is 71.0 Å². The first kappa shape index (κ1) is 16.6. The van der Waals surface area contributed by atoms with E-state index in [-0.39, 0.29) is 17.6 Å². The number of carbonyl (C=O) groups excluding carboxylic acids is 2. The lowest BCUT2D eigenvalue weighted by molar-refractivity contribution is -0.131. The zero-order chi connectivity index (χ0) is 18.1. The second-order valence-corrected chi connectivity index (χ2v) is 6.94. The van der Waals surface area contributed by atoms with Gasteiger partial charge in [0.1, 0.15) is 0 Å². The Morgan fingerprint density at radius 2 is 2.15 bits per heavy atom. The number of aromatic amines is 1. The molecule has 1 atom stereocenters. The second-order valence-electron chi connectivity index (χ2n) is 6.94. The van der Waals surface area contributed by atoms with Crippen LogP contribution in [0, 0.1) is 5.92 Å². The van der Waals surface area contributed by atoms with E-state index in [4.69, 9.17) is 0 Å². The summed E-state index contributed by atoms with van der Waals surface area (Å²) in [5.74, 6) is 0.409. The van der Waals surface area contributed by atoms with Crippen LogP contribution in [0.15, 0.2) is 42.9 Å². The number of hydrogen-bond acceptors (Lipinski definition) is 3. The van der Waals surface area contributed by atoms with Gasteiger partial charge in [-0.3, -0.25) is 9.59 Å². The first-order valence-corrected chi connectivity index (χ1v) is 8.98. The van der Waals surface area contributed by atoms with Crippen LogP contribution < -0.4 is 0 Å². The Labute approximate surface area is 151 Å². The quantitative estimate of drug-likeness (QED) is 0.735. The molecule has 3 aromatic rings. The maximum absolute atomic E-state index is 12.8. The number of amides is 1. The van der Waals surface area contributed by atoms with Crippen molar-refractivity contribution >= 4 is 22.6 Å². The number of ketones is 1. The van der Waals surface area contributed by atoms with Crippen molar-refractivity contribution in [1.29, 1.82) is 0 Å². The highest BCUT2D eigenvalue weighted by molar-refractivity contribution is 5.95. The Hall–Kier alpha value is -2.89. The number of aryl methyl sites for hydroxylation is 1. The SMILES string of the molecule is Cn1ccnc1C(=O)[C@@H]1CCCN(C(=O)Cc2c[nH]c3ccccc23)C1. The summed E-state index contributed by atoms with van der Waals surface area (Å²) >= 11 is 0. The van der Waals surface area contributed by atoms with E-state index in [1.807, 2.05) is 42.4 Å². The number of piperidine rings is 1. The monoisotopic (exact) mass is 350 g/mol. The van der Waals surface area contributed by atoms with E-state index in [1.165, 1.54) is 0 Å². The summed E-state index contributed by atoms with van der Waals surface area (Å²) in [6.45, 7) is 1.19. The fourth-order valence-electron chi connectivity index (χ4n) is 3.76. The summed E-state index contributed by atoms with van der Waals surface area (Å²) in [7, 11) is 1.82. The number of hydrogen-bond donors (Lipinski definition) is 1. The number of aromatic nitrogens is 3. The van der Waals surface area contributed by atoms with Crippen molar-refractivity contribution in [2.45, 2.75) is 19.3 Å². The lowest BCUT2D eigenvalue weighted by atomic mass is 9.93. The molecule has 26 heavy (non-hydrogen) atoms. The van der Waals surface area contributed by atoms with Gasteiger partial charge in [0, 0.05) is 55.5 Å². The van der Waals surface area contributed by atoms with Crippen LogP contribution in [0.2, 0.25) is 0 Å². The van der Waals surface area contributed by atoms with Crippen LogP contribution in [0.25, 0.3) is 10.9 Å². The standard InChI is InChI=1S/C20H22N4O2/c1-23-10-8-21-20(23)19(26)14-5-4-9-24(13-14)18(25)11-15-12-22-17-7-3-2-6-16(15)17/h2-3,6-8,10,12,14,22H,4-5,9,11,13H2,1H3/t14-/m1/s1. The number of fused-ring (bicyclic) bond motifs is 1. The predicted octanol–water partition coefficient (Wildman–Crippen LogP) is 2.57. The fraction of sp³-hybridized carbons (Fsp3) is 0.350. The molecular formula is C20H22N4O2. The molecule has 1 saturated heterocycles. The summed E-state index contributed by atoms with van der Waals surface area (Å²) in [6, 6.07) is 7.99. The highest BCUT2D eigenvalue weighted by atomic mass is 16.2. The summed E-state index contributed by atoms with van der Waals surface area (Å²) in [4.78, 5) is 34.7. The average molecular weight is 350 g/mol.